The molecule has 0 spiro atoms. The van der Waals surface area contributed by atoms with Gasteiger partial charge in [0.15, 0.2) is 0 Å². The number of amides is 1. The Balaban J connectivity index is 1.96. The molecular formula is C11H20N2O2. The second-order valence-electron chi connectivity index (χ2n) is 5.08. The average molecular weight is 212 g/mol. The van der Waals surface area contributed by atoms with Gasteiger partial charge in [-0.25, -0.2) is 0 Å². The molecule has 0 unspecified atom stereocenters. The van der Waals surface area contributed by atoms with Crippen LogP contribution >= 0.6 is 0 Å². The van der Waals surface area contributed by atoms with Crippen LogP contribution in [0.5, 0.6) is 0 Å². The quantitative estimate of drug-likeness (QED) is 0.621. The highest BCUT2D eigenvalue weighted by molar-refractivity contribution is 5.84. The third kappa shape index (κ3) is 1.66. The number of rotatable bonds is 4. The largest absolute Gasteiger partial charge is 0.394 e. The summed E-state index contributed by atoms with van der Waals surface area (Å²) in [6.07, 6.45) is 5.78. The lowest BCUT2D eigenvalue weighted by Gasteiger charge is -2.46. The van der Waals surface area contributed by atoms with Crippen LogP contribution in [-0.4, -0.2) is 29.7 Å². The highest BCUT2D eigenvalue weighted by atomic mass is 16.3. The molecule has 86 valence electrons. The van der Waals surface area contributed by atoms with Gasteiger partial charge in [-0.15, -0.1) is 0 Å². The van der Waals surface area contributed by atoms with E-state index in [0.29, 0.717) is 6.54 Å². The van der Waals surface area contributed by atoms with Crippen LogP contribution in [0.3, 0.4) is 0 Å². The molecule has 4 N–H and O–H groups in total. The number of hydrogen-bond donors (Lipinski definition) is 3. The Kier molecular flexibility index (Phi) is 2.73. The summed E-state index contributed by atoms with van der Waals surface area (Å²) >= 11 is 0. The minimum absolute atomic E-state index is 0.0550. The smallest absolute Gasteiger partial charge is 0.228 e. The lowest BCUT2D eigenvalue weighted by atomic mass is 9.67. The van der Waals surface area contributed by atoms with Crippen LogP contribution in [0.2, 0.25) is 0 Å². The molecule has 1 amide bonds. The molecule has 0 aliphatic heterocycles. The lowest BCUT2D eigenvalue weighted by Crippen LogP contribution is -2.62. The van der Waals surface area contributed by atoms with Crippen molar-refractivity contribution >= 4 is 5.91 Å². The van der Waals surface area contributed by atoms with E-state index in [9.17, 15) is 9.90 Å². The molecule has 0 aromatic rings. The zero-order valence-corrected chi connectivity index (χ0v) is 9.09. The van der Waals surface area contributed by atoms with Gasteiger partial charge < -0.3 is 16.2 Å². The number of aliphatic hydroxyl groups is 1. The van der Waals surface area contributed by atoms with Crippen molar-refractivity contribution in [3.05, 3.63) is 0 Å². The normalized spacial score (nSPS) is 26.3. The van der Waals surface area contributed by atoms with Gasteiger partial charge in [-0.2, -0.15) is 0 Å². The van der Waals surface area contributed by atoms with Crippen molar-refractivity contribution < 1.29 is 9.90 Å². The van der Waals surface area contributed by atoms with Gasteiger partial charge in [0, 0.05) is 6.54 Å². The summed E-state index contributed by atoms with van der Waals surface area (Å²) in [5.74, 6) is 0.0602. The fourth-order valence-electron chi connectivity index (χ4n) is 2.43. The van der Waals surface area contributed by atoms with Crippen LogP contribution in [0.15, 0.2) is 0 Å². The summed E-state index contributed by atoms with van der Waals surface area (Å²) in [7, 11) is 0. The van der Waals surface area contributed by atoms with E-state index >= 15 is 0 Å². The van der Waals surface area contributed by atoms with Crippen molar-refractivity contribution in [2.45, 2.75) is 44.1 Å². The molecule has 2 rings (SSSR count). The van der Waals surface area contributed by atoms with Crippen molar-refractivity contribution in [3.63, 3.8) is 0 Å². The molecule has 4 heteroatoms. The van der Waals surface area contributed by atoms with Crippen LogP contribution in [0.1, 0.15) is 38.5 Å². The van der Waals surface area contributed by atoms with Crippen LogP contribution < -0.4 is 11.1 Å². The van der Waals surface area contributed by atoms with E-state index in [2.05, 4.69) is 5.32 Å². The summed E-state index contributed by atoms with van der Waals surface area (Å²) < 4.78 is 0. The molecule has 0 aromatic carbocycles. The first kappa shape index (κ1) is 10.9. The molecule has 0 atom stereocenters. The van der Waals surface area contributed by atoms with Crippen molar-refractivity contribution in [3.8, 4) is 0 Å². The highest BCUT2D eigenvalue weighted by Crippen LogP contribution is 2.41. The molecule has 0 heterocycles. The van der Waals surface area contributed by atoms with E-state index < -0.39 is 0 Å². The fraction of sp³-hybridized carbons (Fsp3) is 0.909. The van der Waals surface area contributed by atoms with Crippen molar-refractivity contribution in [2.24, 2.45) is 11.1 Å². The predicted molar refractivity (Wildman–Crippen MR) is 57.1 cm³/mol. The fourth-order valence-corrected chi connectivity index (χ4v) is 2.43. The summed E-state index contributed by atoms with van der Waals surface area (Å²) in [6.45, 7) is 0.486. The maximum atomic E-state index is 12.0. The maximum absolute atomic E-state index is 12.0. The first-order valence-electron chi connectivity index (χ1n) is 5.80. The Labute approximate surface area is 90.2 Å². The molecule has 2 saturated carbocycles. The zero-order chi connectivity index (χ0) is 10.9. The monoisotopic (exact) mass is 212 g/mol. The average Bonchev–Trinajstić information content (AvgIpc) is 2.10. The Hall–Kier alpha value is -0.610. The van der Waals surface area contributed by atoms with Gasteiger partial charge in [-0.1, -0.05) is 6.42 Å². The molecular weight excluding hydrogens is 192 g/mol. The second kappa shape index (κ2) is 3.76. The minimum atomic E-state index is -0.325. The van der Waals surface area contributed by atoms with E-state index in [0.717, 1.165) is 38.5 Å². The van der Waals surface area contributed by atoms with Crippen molar-refractivity contribution in [2.75, 3.05) is 13.2 Å². The standard InChI is InChI=1S/C11H20N2O2/c12-7-10(3-1-4-10)9(15)13-11(8-14)5-2-6-11/h14H,1-8,12H2,(H,13,15). The number of nitrogens with two attached hydrogens (primary N) is 1. The van der Waals surface area contributed by atoms with Gasteiger partial charge in [0.2, 0.25) is 5.91 Å². The van der Waals surface area contributed by atoms with Crippen LogP contribution in [-0.2, 0) is 4.79 Å². The van der Waals surface area contributed by atoms with Gasteiger partial charge in [0.05, 0.1) is 17.6 Å². The van der Waals surface area contributed by atoms with Crippen LogP contribution in [0.25, 0.3) is 0 Å². The van der Waals surface area contributed by atoms with Crippen molar-refractivity contribution in [1.29, 1.82) is 0 Å². The van der Waals surface area contributed by atoms with Gasteiger partial charge in [0.25, 0.3) is 0 Å². The Morgan fingerprint density at radius 3 is 2.13 bits per heavy atom. The summed E-state index contributed by atoms with van der Waals surface area (Å²) in [5, 5.41) is 12.3. The van der Waals surface area contributed by atoms with Gasteiger partial charge in [0.1, 0.15) is 0 Å². The first-order valence-corrected chi connectivity index (χ1v) is 5.80. The Morgan fingerprint density at radius 2 is 1.87 bits per heavy atom. The molecule has 2 aliphatic carbocycles. The Bertz CT molecular complexity index is 246. The molecule has 15 heavy (non-hydrogen) atoms. The van der Waals surface area contributed by atoms with Gasteiger partial charge >= 0.3 is 0 Å². The third-order valence-electron chi connectivity index (χ3n) is 4.18. The molecule has 0 saturated heterocycles. The highest BCUT2D eigenvalue weighted by Gasteiger charge is 2.47. The molecule has 0 bridgehead atoms. The van der Waals surface area contributed by atoms with E-state index in [1.807, 2.05) is 0 Å². The molecule has 4 nitrogen and oxygen atoms in total. The number of hydrogen-bond acceptors (Lipinski definition) is 3. The molecule has 0 aromatic heterocycles. The lowest BCUT2D eigenvalue weighted by molar-refractivity contribution is -0.139. The maximum Gasteiger partial charge on any atom is 0.228 e. The zero-order valence-electron chi connectivity index (χ0n) is 9.09. The molecule has 0 radical (unpaired) electrons. The number of aliphatic hydroxyl groups excluding tert-OH is 1. The van der Waals surface area contributed by atoms with Crippen molar-refractivity contribution in [1.82, 2.24) is 5.32 Å². The SMILES string of the molecule is NCC1(C(=O)NC2(CO)CCC2)CCC1. The molecule has 2 aliphatic rings. The predicted octanol–water partition coefficient (Wildman–Crippen LogP) is 0.147. The van der Waals surface area contributed by atoms with Crippen LogP contribution in [0.4, 0.5) is 0 Å². The summed E-state index contributed by atoms with van der Waals surface area (Å²) in [5.41, 5.74) is 5.02. The number of carbonyl (C=O) groups is 1. The second-order valence-corrected chi connectivity index (χ2v) is 5.08. The minimum Gasteiger partial charge on any atom is -0.394 e. The van der Waals surface area contributed by atoms with E-state index in [4.69, 9.17) is 5.73 Å². The van der Waals surface area contributed by atoms with Gasteiger partial charge in [-0.3, -0.25) is 4.79 Å². The Morgan fingerprint density at radius 1 is 1.27 bits per heavy atom. The van der Waals surface area contributed by atoms with E-state index in [-0.39, 0.29) is 23.5 Å². The third-order valence-corrected chi connectivity index (χ3v) is 4.18. The summed E-state index contributed by atoms with van der Waals surface area (Å²) in [6, 6.07) is 0. The van der Waals surface area contributed by atoms with Gasteiger partial charge in [-0.05, 0) is 32.1 Å². The summed E-state index contributed by atoms with van der Waals surface area (Å²) in [4.78, 5) is 12.0. The molecule has 2 fully saturated rings. The van der Waals surface area contributed by atoms with Crippen LogP contribution in [0, 0.1) is 5.41 Å². The first-order chi connectivity index (χ1) is 7.16. The topological polar surface area (TPSA) is 75.4 Å². The number of carbonyl (C=O) groups excluding carboxylic acids is 1. The number of nitrogens with one attached hydrogen (secondary N) is 1. The van der Waals surface area contributed by atoms with E-state index in [1.54, 1.807) is 0 Å². The van der Waals surface area contributed by atoms with E-state index in [1.165, 1.54) is 0 Å².